The first-order valence-electron chi connectivity index (χ1n) is 10.5. The maximum atomic E-state index is 12.9. The summed E-state index contributed by atoms with van der Waals surface area (Å²) in [7, 11) is 7.53. The Balaban J connectivity index is 1.65. The Morgan fingerprint density at radius 2 is 1.23 bits per heavy atom. The molecule has 0 aliphatic rings. The van der Waals surface area contributed by atoms with E-state index in [9.17, 15) is 14.4 Å². The van der Waals surface area contributed by atoms with Gasteiger partial charge in [-0.15, -0.1) is 0 Å². The monoisotopic (exact) mass is 500 g/mol. The first kappa shape index (κ1) is 25.4. The van der Waals surface area contributed by atoms with Crippen molar-refractivity contribution in [3.63, 3.8) is 0 Å². The summed E-state index contributed by atoms with van der Waals surface area (Å²) in [6.07, 6.45) is 5.05. The quantitative estimate of drug-likeness (QED) is 0.107. The summed E-state index contributed by atoms with van der Waals surface area (Å²) in [5.41, 5.74) is 13.4. The van der Waals surface area contributed by atoms with Gasteiger partial charge in [0, 0.05) is 46.3 Å². The van der Waals surface area contributed by atoms with Crippen LogP contribution < -0.4 is 32.5 Å². The second-order valence-electron chi connectivity index (χ2n) is 7.79. The average molecular weight is 501 g/mol. The van der Waals surface area contributed by atoms with Crippen LogP contribution in [0.4, 0.5) is 17.1 Å². The van der Waals surface area contributed by atoms with Crippen LogP contribution in [0.25, 0.3) is 0 Å². The Hall–Kier alpha value is -4.25. The van der Waals surface area contributed by atoms with Crippen molar-refractivity contribution in [1.82, 2.24) is 19.0 Å². The fourth-order valence-corrected chi connectivity index (χ4v) is 3.58. The van der Waals surface area contributed by atoms with Gasteiger partial charge in [-0.05, 0) is 27.6 Å². The Labute approximate surface area is 204 Å². The first-order valence-corrected chi connectivity index (χ1v) is 11.1. The van der Waals surface area contributed by atoms with Gasteiger partial charge in [0.2, 0.25) is 0 Å². The van der Waals surface area contributed by atoms with E-state index in [-0.39, 0.29) is 30.9 Å². The molecule has 3 aromatic heterocycles. The Kier molecular flexibility index (Phi) is 7.82. The van der Waals surface area contributed by atoms with Crippen molar-refractivity contribution in [3.8, 4) is 0 Å². The van der Waals surface area contributed by atoms with Crippen LogP contribution >= 0.6 is 9.39 Å². The molecule has 3 heterocycles. The summed E-state index contributed by atoms with van der Waals surface area (Å²) >= 11 is 0. The normalized spacial score (nSPS) is 10.5. The number of aliphatic imine (C=N–C) groups is 1. The highest BCUT2D eigenvalue weighted by Crippen LogP contribution is 2.19. The summed E-state index contributed by atoms with van der Waals surface area (Å²) in [4.78, 5) is 41.7. The molecule has 3 rings (SSSR count). The Morgan fingerprint density at radius 1 is 0.800 bits per heavy atom. The molecule has 3 amide bonds. The van der Waals surface area contributed by atoms with Crippen LogP contribution in [0.5, 0.6) is 0 Å². The molecule has 0 aliphatic heterocycles. The Bertz CT molecular complexity index is 1280. The van der Waals surface area contributed by atoms with Gasteiger partial charge >= 0.3 is 0 Å². The zero-order valence-electron chi connectivity index (χ0n) is 19.6. The van der Waals surface area contributed by atoms with E-state index < -0.39 is 5.91 Å². The van der Waals surface area contributed by atoms with Crippen molar-refractivity contribution < 1.29 is 14.4 Å². The number of aryl methyl sites for hydroxylation is 3. The van der Waals surface area contributed by atoms with Gasteiger partial charge in [-0.25, -0.2) is 0 Å². The van der Waals surface area contributed by atoms with E-state index in [0.717, 1.165) is 5.69 Å². The van der Waals surface area contributed by atoms with E-state index in [1.54, 1.807) is 71.6 Å². The molecule has 0 bridgehead atoms. The summed E-state index contributed by atoms with van der Waals surface area (Å²) < 4.78 is 4.90. The fourth-order valence-electron chi connectivity index (χ4n) is 3.42. The summed E-state index contributed by atoms with van der Waals surface area (Å²) in [5, 5.41) is 11.2. The predicted molar refractivity (Wildman–Crippen MR) is 138 cm³/mol. The number of amides is 3. The number of nitrogens with zero attached hydrogens (tertiary/aromatic N) is 4. The zero-order valence-corrected chi connectivity index (χ0v) is 20.8. The SMILES string of the molecule is Cn1cc(NC(=O)c2cc(NC(=O)c3cc(NP)cn3C)cn2C)cc1C(=O)NCCN=C(N)N. The van der Waals surface area contributed by atoms with Crippen molar-refractivity contribution in [2.45, 2.75) is 0 Å². The minimum atomic E-state index is -0.397. The number of nitrogens with one attached hydrogen (secondary N) is 4. The topological polar surface area (TPSA) is 179 Å². The molecule has 0 spiro atoms. The molecule has 0 aliphatic carbocycles. The van der Waals surface area contributed by atoms with Gasteiger partial charge < -0.3 is 46.2 Å². The van der Waals surface area contributed by atoms with Gasteiger partial charge in [-0.3, -0.25) is 19.4 Å². The Morgan fingerprint density at radius 3 is 1.66 bits per heavy atom. The summed E-state index contributed by atoms with van der Waals surface area (Å²) in [6, 6.07) is 4.85. The minimum absolute atomic E-state index is 0.0476. The van der Waals surface area contributed by atoms with E-state index in [4.69, 9.17) is 11.5 Å². The smallest absolute Gasteiger partial charge is 0.272 e. The second kappa shape index (κ2) is 10.8. The molecule has 1 unspecified atom stereocenters. The first-order chi connectivity index (χ1) is 16.6. The van der Waals surface area contributed by atoms with Crippen LogP contribution in [0.1, 0.15) is 31.5 Å². The number of aromatic nitrogens is 3. The molecule has 0 aromatic carbocycles. The van der Waals surface area contributed by atoms with Crippen LogP contribution in [0.15, 0.2) is 41.8 Å². The van der Waals surface area contributed by atoms with Crippen LogP contribution in [-0.2, 0) is 21.1 Å². The van der Waals surface area contributed by atoms with Crippen LogP contribution in [-0.4, -0.2) is 50.5 Å². The third-order valence-corrected chi connectivity index (χ3v) is 5.42. The van der Waals surface area contributed by atoms with Crippen molar-refractivity contribution in [2.24, 2.45) is 37.6 Å². The molecule has 14 heteroatoms. The van der Waals surface area contributed by atoms with Crippen molar-refractivity contribution >= 4 is 50.1 Å². The van der Waals surface area contributed by atoms with E-state index in [1.165, 1.54) is 0 Å². The minimum Gasteiger partial charge on any atom is -0.370 e. The molecule has 1 atom stereocenters. The van der Waals surface area contributed by atoms with Gasteiger partial charge in [-0.1, -0.05) is 0 Å². The molecular formula is C21H29N10O3P. The number of rotatable bonds is 9. The molecule has 186 valence electrons. The predicted octanol–water partition coefficient (Wildman–Crippen LogP) is 0.412. The summed E-state index contributed by atoms with van der Waals surface area (Å²) in [6.45, 7) is 0.522. The highest BCUT2D eigenvalue weighted by atomic mass is 31.0. The molecule has 35 heavy (non-hydrogen) atoms. The zero-order chi connectivity index (χ0) is 25.7. The van der Waals surface area contributed by atoms with Crippen LogP contribution in [0.3, 0.4) is 0 Å². The molecule has 0 saturated heterocycles. The van der Waals surface area contributed by atoms with Crippen molar-refractivity contribution in [1.29, 1.82) is 0 Å². The summed E-state index contributed by atoms with van der Waals surface area (Å²) in [5.74, 6) is -1.08. The lowest BCUT2D eigenvalue weighted by Crippen LogP contribution is -2.29. The van der Waals surface area contributed by atoms with Gasteiger partial charge in [-0.2, -0.15) is 0 Å². The fraction of sp³-hybridized carbons (Fsp3) is 0.238. The molecule has 0 fully saturated rings. The average Bonchev–Trinajstić information content (AvgIpc) is 3.47. The number of nitrogens with two attached hydrogens (primary N) is 2. The molecule has 0 radical (unpaired) electrons. The lowest BCUT2D eigenvalue weighted by Gasteiger charge is -2.04. The van der Waals surface area contributed by atoms with Crippen LogP contribution in [0.2, 0.25) is 0 Å². The van der Waals surface area contributed by atoms with Gasteiger partial charge in [0.15, 0.2) is 5.96 Å². The van der Waals surface area contributed by atoms with E-state index in [1.807, 2.05) is 0 Å². The van der Waals surface area contributed by atoms with Crippen LogP contribution in [0, 0.1) is 0 Å². The standard InChI is InChI=1S/C21H29N10O3P/c1-29-9-12(6-15(29)18(32)24-4-5-25-21(22)23)26-19(33)16-7-13(10-30(16)2)27-20(34)17-8-14(28-35)11-31(17)3/h6-11,28H,4-5,35H2,1-3H3,(H,24,32)(H,26,33)(H,27,34)(H4,22,23,25). The van der Waals surface area contributed by atoms with Gasteiger partial charge in [0.25, 0.3) is 17.7 Å². The van der Waals surface area contributed by atoms with E-state index >= 15 is 0 Å². The third kappa shape index (κ3) is 6.21. The third-order valence-electron chi connectivity index (χ3n) is 5.09. The number of anilines is 3. The highest BCUT2D eigenvalue weighted by molar-refractivity contribution is 7.18. The number of carbonyl (C=O) groups excluding carboxylic acids is 3. The van der Waals surface area contributed by atoms with E-state index in [0.29, 0.717) is 28.5 Å². The highest BCUT2D eigenvalue weighted by Gasteiger charge is 2.18. The number of hydrogen-bond acceptors (Lipinski definition) is 5. The molecular weight excluding hydrogens is 471 g/mol. The molecule has 13 nitrogen and oxygen atoms in total. The lowest BCUT2D eigenvalue weighted by molar-refractivity contribution is 0.0945. The van der Waals surface area contributed by atoms with Crippen molar-refractivity contribution in [3.05, 3.63) is 53.9 Å². The molecule has 8 N–H and O–H groups in total. The second-order valence-corrected chi connectivity index (χ2v) is 8.08. The number of guanidine groups is 1. The maximum absolute atomic E-state index is 12.9. The molecule has 3 aromatic rings. The van der Waals surface area contributed by atoms with Crippen molar-refractivity contribution in [2.75, 3.05) is 28.8 Å². The van der Waals surface area contributed by atoms with E-state index in [2.05, 4.69) is 35.4 Å². The maximum Gasteiger partial charge on any atom is 0.272 e. The lowest BCUT2D eigenvalue weighted by atomic mass is 10.3. The number of carbonyl (C=O) groups is 3. The largest absolute Gasteiger partial charge is 0.370 e. The van der Waals surface area contributed by atoms with Gasteiger partial charge in [0.1, 0.15) is 17.1 Å². The van der Waals surface area contributed by atoms with Gasteiger partial charge in [0.05, 0.1) is 23.6 Å². The number of hydrogen-bond donors (Lipinski definition) is 6. The molecule has 0 saturated carbocycles.